The van der Waals surface area contributed by atoms with E-state index in [4.69, 9.17) is 14.7 Å². The Morgan fingerprint density at radius 2 is 1.30 bits per heavy atom. The minimum atomic E-state index is -0.264. The molecule has 5 aromatic carbocycles. The van der Waals surface area contributed by atoms with Crippen molar-refractivity contribution in [3.63, 3.8) is 0 Å². The Balaban J connectivity index is 1.30. The van der Waals surface area contributed by atoms with Crippen molar-refractivity contribution in [1.82, 2.24) is 9.97 Å². The van der Waals surface area contributed by atoms with E-state index in [1.807, 2.05) is 24.4 Å². The third-order valence-corrected chi connectivity index (χ3v) is 9.15. The average molecular weight is 594 g/mol. The van der Waals surface area contributed by atoms with Crippen LogP contribution in [0.2, 0.25) is 0 Å². The van der Waals surface area contributed by atoms with Gasteiger partial charge in [0.05, 0.1) is 11.2 Å². The summed E-state index contributed by atoms with van der Waals surface area (Å²) in [4.78, 5) is 12.5. The van der Waals surface area contributed by atoms with Crippen molar-refractivity contribution in [2.45, 2.75) is 19.3 Å². The van der Waals surface area contributed by atoms with Gasteiger partial charge in [0.15, 0.2) is 5.82 Å². The highest BCUT2D eigenvalue weighted by molar-refractivity contribution is 6.99. The number of nitrogens with zero attached hydrogens (tertiary/aromatic N) is 4. The topological polar surface area (TPSA) is 41.5 Å². The Morgan fingerprint density at radius 1 is 0.652 bits per heavy atom. The molecular formula is C39H32B2N4O. The van der Waals surface area contributed by atoms with Crippen LogP contribution >= 0.6 is 0 Å². The Hall–Kier alpha value is -5.55. The Morgan fingerprint density at radius 3 is 2.07 bits per heavy atom. The molecule has 0 unspecified atom stereocenters. The number of hydrogen-bond acceptors (Lipinski definition) is 5. The van der Waals surface area contributed by atoms with Gasteiger partial charge in [-0.2, -0.15) is 0 Å². The maximum atomic E-state index is 6.63. The molecule has 0 aliphatic carbocycles. The second-order valence-corrected chi connectivity index (χ2v) is 12.3. The molecule has 6 aromatic rings. The van der Waals surface area contributed by atoms with Gasteiger partial charge in [-0.25, -0.2) is 9.97 Å². The average Bonchev–Trinajstić information content (AvgIpc) is 3.12. The van der Waals surface area contributed by atoms with Gasteiger partial charge in [0, 0.05) is 34.1 Å². The van der Waals surface area contributed by atoms with Gasteiger partial charge >= 0.3 is 13.8 Å². The number of anilines is 2. The van der Waals surface area contributed by atoms with Gasteiger partial charge in [-0.1, -0.05) is 122 Å². The van der Waals surface area contributed by atoms with Crippen molar-refractivity contribution in [3.8, 4) is 22.9 Å². The van der Waals surface area contributed by atoms with Crippen molar-refractivity contribution in [3.05, 3.63) is 169 Å². The maximum absolute atomic E-state index is 6.63. The number of benzene rings is 5. The Kier molecular flexibility index (Phi) is 6.94. The molecule has 2 aliphatic rings. The lowest BCUT2D eigenvalue weighted by Gasteiger charge is -2.44. The molecule has 5 nitrogen and oxygen atoms in total. The van der Waals surface area contributed by atoms with Crippen LogP contribution in [-0.2, 0) is 5.41 Å². The highest BCUT2D eigenvalue weighted by Gasteiger charge is 2.43. The van der Waals surface area contributed by atoms with Gasteiger partial charge in [0.25, 0.3) is 0 Å². The van der Waals surface area contributed by atoms with E-state index in [1.165, 1.54) is 11.0 Å². The van der Waals surface area contributed by atoms with Gasteiger partial charge in [-0.3, -0.25) is 0 Å². The first-order valence-electron chi connectivity index (χ1n) is 15.7. The summed E-state index contributed by atoms with van der Waals surface area (Å²) in [6.45, 7) is 4.22. The van der Waals surface area contributed by atoms with E-state index in [1.54, 1.807) is 0 Å². The molecule has 0 saturated heterocycles. The van der Waals surface area contributed by atoms with Crippen LogP contribution in [0.25, 0.3) is 11.4 Å². The summed E-state index contributed by atoms with van der Waals surface area (Å²) in [7, 11) is 0. The molecule has 0 amide bonds. The van der Waals surface area contributed by atoms with Gasteiger partial charge in [0.1, 0.15) is 11.5 Å². The zero-order valence-corrected chi connectivity index (χ0v) is 25.9. The number of hydrogen-bond donors (Lipinski definition) is 0. The molecule has 3 heterocycles. The van der Waals surface area contributed by atoms with E-state index in [-0.39, 0.29) is 19.2 Å². The van der Waals surface area contributed by atoms with Crippen LogP contribution in [0.5, 0.6) is 11.5 Å². The molecule has 0 N–H and O–H groups in total. The number of para-hydroxylation sites is 4. The molecule has 1 aromatic heterocycles. The number of fused-ring (bicyclic) bond motifs is 2. The molecule has 0 bridgehead atoms. The van der Waals surface area contributed by atoms with Crippen LogP contribution in [-0.4, -0.2) is 23.8 Å². The van der Waals surface area contributed by atoms with E-state index in [0.29, 0.717) is 5.82 Å². The molecule has 0 radical (unpaired) electrons. The van der Waals surface area contributed by atoms with Crippen molar-refractivity contribution in [1.29, 1.82) is 0 Å². The zero-order chi connectivity index (χ0) is 31.1. The van der Waals surface area contributed by atoms with Crippen LogP contribution in [0.3, 0.4) is 0 Å². The van der Waals surface area contributed by atoms with Crippen molar-refractivity contribution in [2.24, 2.45) is 0 Å². The van der Waals surface area contributed by atoms with E-state index in [9.17, 15) is 0 Å². The first-order chi connectivity index (χ1) is 22.6. The second-order valence-electron chi connectivity index (χ2n) is 12.3. The fourth-order valence-corrected chi connectivity index (χ4v) is 6.86. The summed E-state index contributed by atoms with van der Waals surface area (Å²) >= 11 is 0. The monoisotopic (exact) mass is 594 g/mol. The third kappa shape index (κ3) is 4.76. The highest BCUT2D eigenvalue weighted by Crippen LogP contribution is 2.50. The van der Waals surface area contributed by atoms with Crippen LogP contribution in [0.1, 0.15) is 25.0 Å². The van der Waals surface area contributed by atoms with E-state index >= 15 is 0 Å². The SMILES string of the molecule is CC1(C)c2ccccc2Oc2c(-c3nccc(B4N(c5ccccc5)C=CB(c5ccccc5)N4c4ccccc4)n3)cccc21. The fraction of sp³-hybridized carbons (Fsp3) is 0.0769. The predicted octanol–water partition coefficient (Wildman–Crippen LogP) is 7.25. The summed E-state index contributed by atoms with van der Waals surface area (Å²) in [5, 5.41) is 0. The minimum Gasteiger partial charge on any atom is -0.456 e. The molecule has 0 spiro atoms. The standard InChI is InChI=1S/C39H32B2N4O/c1-39(2)33-22-12-13-24-35(33)46-37-32(21-14-23-34(37)39)38-42-27-25-36(43-38)41-44(30-17-8-4-9-18-30)28-26-40(29-15-6-3-7-16-29)45(41)31-19-10-5-11-20-31/h3-28H,1-2H3. The van der Waals surface area contributed by atoms with Crippen molar-refractivity contribution >= 4 is 36.3 Å². The summed E-state index contributed by atoms with van der Waals surface area (Å²) < 4.78 is 9.08. The van der Waals surface area contributed by atoms with Crippen molar-refractivity contribution < 1.29 is 4.74 Å². The lowest BCUT2D eigenvalue weighted by atomic mass is 9.44. The van der Waals surface area contributed by atoms with E-state index in [2.05, 4.69) is 157 Å². The van der Waals surface area contributed by atoms with Crippen LogP contribution in [0, 0.1) is 0 Å². The van der Waals surface area contributed by atoms with Crippen LogP contribution in [0.4, 0.5) is 11.4 Å². The third-order valence-electron chi connectivity index (χ3n) is 9.15. The molecule has 0 fully saturated rings. The lowest BCUT2D eigenvalue weighted by molar-refractivity contribution is 0.419. The maximum Gasteiger partial charge on any atom is 0.422 e. The normalized spacial score (nSPS) is 14.8. The largest absolute Gasteiger partial charge is 0.456 e. The fourth-order valence-electron chi connectivity index (χ4n) is 6.86. The number of aromatic nitrogens is 2. The Labute approximate surface area is 271 Å². The molecule has 0 saturated carbocycles. The molecular weight excluding hydrogens is 562 g/mol. The minimum absolute atomic E-state index is 0.0166. The number of rotatable bonds is 5. The van der Waals surface area contributed by atoms with Gasteiger partial charge in [-0.05, 0) is 48.7 Å². The molecule has 220 valence electrons. The highest BCUT2D eigenvalue weighted by atomic mass is 16.5. The lowest BCUT2D eigenvalue weighted by Crippen LogP contribution is -2.69. The summed E-state index contributed by atoms with van der Waals surface area (Å²) in [5.74, 6) is 4.59. The Bertz CT molecular complexity index is 2040. The molecule has 46 heavy (non-hydrogen) atoms. The van der Waals surface area contributed by atoms with Crippen molar-refractivity contribution in [2.75, 3.05) is 9.53 Å². The quantitative estimate of drug-likeness (QED) is 0.197. The smallest absolute Gasteiger partial charge is 0.422 e. The molecule has 2 aliphatic heterocycles. The molecule has 8 rings (SSSR count). The summed E-state index contributed by atoms with van der Waals surface area (Å²) in [5.41, 5.74) is 7.22. The van der Waals surface area contributed by atoms with E-state index < -0.39 is 0 Å². The molecule has 0 atom stereocenters. The van der Waals surface area contributed by atoms with Gasteiger partial charge in [-0.15, -0.1) is 0 Å². The van der Waals surface area contributed by atoms with Crippen LogP contribution in [0.15, 0.2) is 158 Å². The van der Waals surface area contributed by atoms with E-state index in [0.717, 1.165) is 39.6 Å². The first-order valence-corrected chi connectivity index (χ1v) is 15.7. The summed E-state index contributed by atoms with van der Waals surface area (Å²) in [6.07, 6.45) is 4.08. The van der Waals surface area contributed by atoms with Crippen LogP contribution < -0.4 is 25.3 Å². The zero-order valence-electron chi connectivity index (χ0n) is 25.9. The molecule has 7 heteroatoms. The number of ether oxygens (including phenoxy) is 1. The van der Waals surface area contributed by atoms with Gasteiger partial charge in [0.2, 0.25) is 0 Å². The second kappa shape index (κ2) is 11.4. The summed E-state index contributed by atoms with van der Waals surface area (Å²) in [6, 6.07) is 48.4. The predicted molar refractivity (Wildman–Crippen MR) is 190 cm³/mol. The first kappa shape index (κ1) is 28.0. The van der Waals surface area contributed by atoms with Gasteiger partial charge < -0.3 is 14.3 Å².